The van der Waals surface area contributed by atoms with E-state index in [1.165, 1.54) is 5.56 Å². The van der Waals surface area contributed by atoms with Crippen molar-refractivity contribution in [3.63, 3.8) is 0 Å². The Bertz CT molecular complexity index is 329. The van der Waals surface area contributed by atoms with Gasteiger partial charge in [-0.2, -0.15) is 0 Å². The van der Waals surface area contributed by atoms with Gasteiger partial charge in [-0.05, 0) is 45.6 Å². The second kappa shape index (κ2) is 4.97. The van der Waals surface area contributed by atoms with Crippen LogP contribution in [0.5, 0.6) is 0 Å². The third-order valence-electron chi connectivity index (χ3n) is 3.43. The Morgan fingerprint density at radius 3 is 2.81 bits per heavy atom. The Hall–Kier alpha value is -0.870. The van der Waals surface area contributed by atoms with E-state index in [0.29, 0.717) is 5.92 Å². The van der Waals surface area contributed by atoms with Gasteiger partial charge >= 0.3 is 0 Å². The van der Waals surface area contributed by atoms with Gasteiger partial charge in [0.05, 0.1) is 11.8 Å². The maximum Gasteiger partial charge on any atom is 0.138 e. The second-order valence-corrected chi connectivity index (χ2v) is 4.77. The van der Waals surface area contributed by atoms with Gasteiger partial charge in [0.2, 0.25) is 0 Å². The summed E-state index contributed by atoms with van der Waals surface area (Å²) in [5.74, 6) is 1.52. The standard InChI is InChI=1S/C12H20N2O2/c1-8-12(9(2)16-14-8)7-13-6-10-3-4-11(15)5-10/h10-11,13,15H,3-7H2,1-2H3. The van der Waals surface area contributed by atoms with Gasteiger partial charge in [-0.3, -0.25) is 0 Å². The molecule has 0 radical (unpaired) electrons. The number of nitrogens with zero attached hydrogens (tertiary/aromatic N) is 1. The highest BCUT2D eigenvalue weighted by molar-refractivity contribution is 5.20. The van der Waals surface area contributed by atoms with E-state index in [2.05, 4.69) is 10.5 Å². The zero-order valence-corrected chi connectivity index (χ0v) is 9.99. The third kappa shape index (κ3) is 2.62. The number of hydrogen-bond acceptors (Lipinski definition) is 4. The number of rotatable bonds is 4. The summed E-state index contributed by atoms with van der Waals surface area (Å²) in [4.78, 5) is 0. The predicted molar refractivity (Wildman–Crippen MR) is 61.0 cm³/mol. The van der Waals surface area contributed by atoms with Crippen LogP contribution in [0.4, 0.5) is 0 Å². The predicted octanol–water partition coefficient (Wildman–Crippen LogP) is 1.54. The van der Waals surface area contributed by atoms with Gasteiger partial charge in [0, 0.05) is 12.1 Å². The van der Waals surface area contributed by atoms with Gasteiger partial charge < -0.3 is 14.9 Å². The molecule has 0 aliphatic heterocycles. The molecule has 1 aliphatic carbocycles. The van der Waals surface area contributed by atoms with Gasteiger partial charge in [0.15, 0.2) is 0 Å². The maximum absolute atomic E-state index is 9.42. The molecule has 1 heterocycles. The van der Waals surface area contributed by atoms with Gasteiger partial charge in [-0.25, -0.2) is 0 Å². The van der Waals surface area contributed by atoms with Crippen LogP contribution in [0.15, 0.2) is 4.52 Å². The molecule has 1 aliphatic rings. The lowest BCUT2D eigenvalue weighted by atomic mass is 10.1. The molecule has 1 aromatic heterocycles. The topological polar surface area (TPSA) is 58.3 Å². The average molecular weight is 224 g/mol. The Morgan fingerprint density at radius 2 is 2.25 bits per heavy atom. The highest BCUT2D eigenvalue weighted by atomic mass is 16.5. The molecule has 2 atom stereocenters. The maximum atomic E-state index is 9.42. The van der Waals surface area contributed by atoms with Crippen molar-refractivity contribution in [1.29, 1.82) is 0 Å². The van der Waals surface area contributed by atoms with Crippen LogP contribution >= 0.6 is 0 Å². The molecule has 0 bridgehead atoms. The lowest BCUT2D eigenvalue weighted by molar-refractivity contribution is 0.177. The molecular formula is C12H20N2O2. The Balaban J connectivity index is 1.76. The van der Waals surface area contributed by atoms with Crippen molar-refractivity contribution in [2.45, 2.75) is 45.8 Å². The summed E-state index contributed by atoms with van der Waals surface area (Å²) in [6, 6.07) is 0. The summed E-state index contributed by atoms with van der Waals surface area (Å²) in [5.41, 5.74) is 2.13. The SMILES string of the molecule is Cc1noc(C)c1CNCC1CCC(O)C1. The molecule has 2 N–H and O–H groups in total. The highest BCUT2D eigenvalue weighted by Crippen LogP contribution is 2.24. The van der Waals surface area contributed by atoms with Gasteiger partial charge in [0.1, 0.15) is 5.76 Å². The van der Waals surface area contributed by atoms with Gasteiger partial charge in [-0.15, -0.1) is 0 Å². The zero-order valence-electron chi connectivity index (χ0n) is 9.99. The molecule has 0 aromatic carbocycles. The normalized spacial score (nSPS) is 25.2. The third-order valence-corrected chi connectivity index (χ3v) is 3.43. The number of hydrogen-bond donors (Lipinski definition) is 2. The minimum absolute atomic E-state index is 0.0779. The summed E-state index contributed by atoms with van der Waals surface area (Å²) in [6.07, 6.45) is 2.95. The van der Waals surface area contributed by atoms with Crippen LogP contribution in [0.3, 0.4) is 0 Å². The average Bonchev–Trinajstić information content (AvgIpc) is 2.78. The molecule has 0 amide bonds. The minimum atomic E-state index is -0.0779. The molecule has 0 saturated heterocycles. The molecular weight excluding hydrogens is 204 g/mol. The molecule has 16 heavy (non-hydrogen) atoms. The molecule has 4 nitrogen and oxygen atoms in total. The van der Waals surface area contributed by atoms with Crippen molar-refractivity contribution in [3.8, 4) is 0 Å². The van der Waals surface area contributed by atoms with Crippen molar-refractivity contribution in [2.24, 2.45) is 5.92 Å². The quantitative estimate of drug-likeness (QED) is 0.814. The van der Waals surface area contributed by atoms with Gasteiger partial charge in [0.25, 0.3) is 0 Å². The van der Waals surface area contributed by atoms with E-state index in [1.807, 2.05) is 13.8 Å². The molecule has 1 aromatic rings. The van der Waals surface area contributed by atoms with Crippen molar-refractivity contribution in [1.82, 2.24) is 10.5 Å². The fourth-order valence-electron chi connectivity index (χ4n) is 2.39. The molecule has 1 saturated carbocycles. The van der Waals surface area contributed by atoms with Crippen molar-refractivity contribution < 1.29 is 9.63 Å². The lowest BCUT2D eigenvalue weighted by Gasteiger charge is -2.10. The van der Waals surface area contributed by atoms with Gasteiger partial charge in [-0.1, -0.05) is 5.16 Å². The summed E-state index contributed by atoms with van der Waals surface area (Å²) in [7, 11) is 0. The lowest BCUT2D eigenvalue weighted by Crippen LogP contribution is -2.21. The van der Waals surface area contributed by atoms with Crippen LogP contribution in [-0.2, 0) is 6.54 Å². The van der Waals surface area contributed by atoms with E-state index in [9.17, 15) is 5.11 Å². The van der Waals surface area contributed by atoms with Crippen molar-refractivity contribution in [3.05, 3.63) is 17.0 Å². The van der Waals surface area contributed by atoms with Crippen molar-refractivity contribution >= 4 is 0 Å². The molecule has 0 spiro atoms. The van der Waals surface area contributed by atoms with E-state index < -0.39 is 0 Å². The van der Waals surface area contributed by atoms with E-state index >= 15 is 0 Å². The smallest absolute Gasteiger partial charge is 0.138 e. The summed E-state index contributed by atoms with van der Waals surface area (Å²) < 4.78 is 5.10. The summed E-state index contributed by atoms with van der Waals surface area (Å²) in [5, 5.41) is 16.8. The highest BCUT2D eigenvalue weighted by Gasteiger charge is 2.22. The first-order chi connectivity index (χ1) is 7.66. The van der Waals surface area contributed by atoms with Crippen LogP contribution < -0.4 is 5.32 Å². The number of nitrogens with one attached hydrogen (secondary N) is 1. The van der Waals surface area contributed by atoms with Crippen molar-refractivity contribution in [2.75, 3.05) is 6.54 Å². The Morgan fingerprint density at radius 1 is 1.44 bits per heavy atom. The summed E-state index contributed by atoms with van der Waals surface area (Å²) in [6.45, 7) is 5.69. The van der Waals surface area contributed by atoms with Crippen LogP contribution in [0.2, 0.25) is 0 Å². The number of aliphatic hydroxyl groups is 1. The molecule has 2 unspecified atom stereocenters. The molecule has 1 fully saturated rings. The number of aromatic nitrogens is 1. The van der Waals surface area contributed by atoms with Crippen LogP contribution in [0.25, 0.3) is 0 Å². The van der Waals surface area contributed by atoms with E-state index in [1.54, 1.807) is 0 Å². The van der Waals surface area contributed by atoms with Crippen LogP contribution in [0.1, 0.15) is 36.3 Å². The van der Waals surface area contributed by atoms with E-state index in [-0.39, 0.29) is 6.10 Å². The fraction of sp³-hybridized carbons (Fsp3) is 0.750. The fourth-order valence-corrected chi connectivity index (χ4v) is 2.39. The molecule has 4 heteroatoms. The van der Waals surface area contributed by atoms with E-state index in [0.717, 1.165) is 43.8 Å². The molecule has 2 rings (SSSR count). The monoisotopic (exact) mass is 224 g/mol. The zero-order chi connectivity index (χ0) is 11.5. The van der Waals surface area contributed by atoms with Crippen LogP contribution in [0, 0.1) is 19.8 Å². The van der Waals surface area contributed by atoms with Crippen LogP contribution in [-0.4, -0.2) is 22.9 Å². The Kier molecular flexibility index (Phi) is 3.61. The van der Waals surface area contributed by atoms with E-state index in [4.69, 9.17) is 4.52 Å². The Labute approximate surface area is 96.0 Å². The first kappa shape index (κ1) is 11.6. The first-order valence-corrected chi connectivity index (χ1v) is 5.97. The second-order valence-electron chi connectivity index (χ2n) is 4.77. The summed E-state index contributed by atoms with van der Waals surface area (Å²) >= 11 is 0. The number of aryl methyl sites for hydroxylation is 2. The molecule has 90 valence electrons. The number of aliphatic hydroxyl groups excluding tert-OH is 1. The largest absolute Gasteiger partial charge is 0.393 e. The minimum Gasteiger partial charge on any atom is -0.393 e. The first-order valence-electron chi connectivity index (χ1n) is 5.97.